The number of hydrogen-bond acceptors (Lipinski definition) is 2. The third-order valence-corrected chi connectivity index (χ3v) is 2.62. The van der Waals surface area contributed by atoms with Crippen molar-refractivity contribution >= 4 is 0 Å². The first kappa shape index (κ1) is 9.90. The highest BCUT2D eigenvalue weighted by molar-refractivity contribution is 5.14. The van der Waals surface area contributed by atoms with Crippen LogP contribution in [0.3, 0.4) is 0 Å². The zero-order chi connectivity index (χ0) is 10.8. The van der Waals surface area contributed by atoms with Crippen LogP contribution >= 0.6 is 0 Å². The highest BCUT2D eigenvalue weighted by atomic mass is 15.1. The van der Waals surface area contributed by atoms with E-state index in [4.69, 9.17) is 0 Å². The van der Waals surface area contributed by atoms with Crippen LogP contribution in [-0.4, -0.2) is 14.5 Å². The normalized spacial score (nSPS) is 10.6. The molecule has 0 N–H and O–H groups in total. The number of pyridine rings is 1. The van der Waals surface area contributed by atoms with E-state index in [2.05, 4.69) is 21.5 Å². The molecule has 0 saturated heterocycles. The molecule has 2 rings (SSSR count). The lowest BCUT2D eigenvalue weighted by Gasteiger charge is -2.05. The molecule has 0 fully saturated rings. The second-order valence-corrected chi connectivity index (χ2v) is 3.81. The van der Waals surface area contributed by atoms with Gasteiger partial charge in [0.2, 0.25) is 0 Å². The van der Waals surface area contributed by atoms with Gasteiger partial charge in [0, 0.05) is 11.4 Å². The van der Waals surface area contributed by atoms with Crippen molar-refractivity contribution < 1.29 is 0 Å². The number of hydrogen-bond donors (Lipinski definition) is 0. The van der Waals surface area contributed by atoms with Crippen LogP contribution < -0.4 is 0 Å². The lowest BCUT2D eigenvalue weighted by atomic mass is 10.3. The van der Waals surface area contributed by atoms with E-state index in [1.165, 1.54) is 5.69 Å². The minimum atomic E-state index is 0.800. The van der Waals surface area contributed by atoms with Gasteiger partial charge in [0.1, 0.15) is 0 Å². The third-order valence-electron chi connectivity index (χ3n) is 2.62. The van der Waals surface area contributed by atoms with Gasteiger partial charge in [0.25, 0.3) is 0 Å². The third kappa shape index (κ3) is 2.06. The molecule has 78 valence electrons. The standard InChI is InChI=1S/C12H15N3/c1-9-5-4-6-12(14-9)7-15-8-13-10(2)11(15)3/h4-6,8H,7H2,1-3H3. The van der Waals surface area contributed by atoms with Gasteiger partial charge < -0.3 is 4.57 Å². The minimum Gasteiger partial charge on any atom is -0.329 e. The zero-order valence-corrected chi connectivity index (χ0v) is 9.36. The number of nitrogens with zero attached hydrogens (tertiary/aromatic N) is 3. The van der Waals surface area contributed by atoms with Crippen molar-refractivity contribution in [3.05, 3.63) is 47.3 Å². The van der Waals surface area contributed by atoms with E-state index in [1.807, 2.05) is 38.4 Å². The SMILES string of the molecule is Cc1cccc(Cn2cnc(C)c2C)n1. The van der Waals surface area contributed by atoms with Crippen LogP contribution in [0.5, 0.6) is 0 Å². The molecule has 2 heterocycles. The van der Waals surface area contributed by atoms with Crippen LogP contribution in [0.15, 0.2) is 24.5 Å². The van der Waals surface area contributed by atoms with Crippen LogP contribution in [0.25, 0.3) is 0 Å². The first-order valence-electron chi connectivity index (χ1n) is 5.07. The fraction of sp³-hybridized carbons (Fsp3) is 0.333. The molecule has 3 nitrogen and oxygen atoms in total. The van der Waals surface area contributed by atoms with Gasteiger partial charge in [0.05, 0.1) is 24.3 Å². The summed E-state index contributed by atoms with van der Waals surface area (Å²) in [5.41, 5.74) is 4.43. The van der Waals surface area contributed by atoms with Crippen molar-refractivity contribution in [3.8, 4) is 0 Å². The largest absolute Gasteiger partial charge is 0.329 e. The highest BCUT2D eigenvalue weighted by Gasteiger charge is 2.03. The molecule has 0 amide bonds. The predicted octanol–water partition coefficient (Wildman–Crippen LogP) is 2.25. The Morgan fingerprint density at radius 3 is 2.60 bits per heavy atom. The van der Waals surface area contributed by atoms with E-state index in [-0.39, 0.29) is 0 Å². The van der Waals surface area contributed by atoms with E-state index in [0.29, 0.717) is 0 Å². The van der Waals surface area contributed by atoms with Crippen molar-refractivity contribution in [2.45, 2.75) is 27.3 Å². The molecule has 0 atom stereocenters. The van der Waals surface area contributed by atoms with E-state index in [0.717, 1.165) is 23.6 Å². The predicted molar refractivity (Wildman–Crippen MR) is 59.8 cm³/mol. The maximum atomic E-state index is 4.47. The van der Waals surface area contributed by atoms with Gasteiger partial charge in [-0.3, -0.25) is 4.98 Å². The molecule has 2 aromatic rings. The number of imidazole rings is 1. The molecule has 0 saturated carbocycles. The Labute approximate surface area is 89.8 Å². The van der Waals surface area contributed by atoms with E-state index < -0.39 is 0 Å². The summed E-state index contributed by atoms with van der Waals surface area (Å²) in [4.78, 5) is 8.74. The smallest absolute Gasteiger partial charge is 0.0955 e. The molecule has 0 bridgehead atoms. The summed E-state index contributed by atoms with van der Waals surface area (Å²) in [6.07, 6.45) is 1.87. The second kappa shape index (κ2) is 3.85. The van der Waals surface area contributed by atoms with Gasteiger partial charge in [-0.25, -0.2) is 4.98 Å². The Morgan fingerprint density at radius 2 is 2.00 bits per heavy atom. The van der Waals surface area contributed by atoms with Gasteiger partial charge >= 0.3 is 0 Å². The monoisotopic (exact) mass is 201 g/mol. The molecule has 0 aromatic carbocycles. The van der Waals surface area contributed by atoms with E-state index in [9.17, 15) is 0 Å². The van der Waals surface area contributed by atoms with Crippen molar-refractivity contribution in [1.29, 1.82) is 0 Å². The first-order chi connectivity index (χ1) is 7.16. The van der Waals surface area contributed by atoms with Gasteiger partial charge in [-0.15, -0.1) is 0 Å². The Morgan fingerprint density at radius 1 is 1.20 bits per heavy atom. The molecule has 0 radical (unpaired) electrons. The number of aryl methyl sites for hydroxylation is 2. The van der Waals surface area contributed by atoms with Crippen LogP contribution in [0.2, 0.25) is 0 Å². The summed E-state index contributed by atoms with van der Waals surface area (Å²) < 4.78 is 2.12. The van der Waals surface area contributed by atoms with Crippen LogP contribution in [-0.2, 0) is 6.54 Å². The van der Waals surface area contributed by atoms with Crippen molar-refractivity contribution in [2.75, 3.05) is 0 Å². The molecule has 0 aliphatic heterocycles. The van der Waals surface area contributed by atoms with E-state index >= 15 is 0 Å². The topological polar surface area (TPSA) is 30.7 Å². The summed E-state index contributed by atoms with van der Waals surface area (Å²) in [5, 5.41) is 0. The fourth-order valence-corrected chi connectivity index (χ4v) is 1.57. The summed E-state index contributed by atoms with van der Waals surface area (Å²) >= 11 is 0. The maximum absolute atomic E-state index is 4.47. The van der Waals surface area contributed by atoms with Crippen molar-refractivity contribution in [1.82, 2.24) is 14.5 Å². The first-order valence-corrected chi connectivity index (χ1v) is 5.07. The summed E-state index contributed by atoms with van der Waals surface area (Å²) in [7, 11) is 0. The van der Waals surface area contributed by atoms with Gasteiger partial charge in [-0.05, 0) is 32.9 Å². The van der Waals surface area contributed by atoms with Crippen LogP contribution in [0.4, 0.5) is 0 Å². The molecule has 15 heavy (non-hydrogen) atoms. The Kier molecular flexibility index (Phi) is 2.54. The summed E-state index contributed by atoms with van der Waals surface area (Å²) in [6, 6.07) is 6.09. The average Bonchev–Trinajstić information content (AvgIpc) is 2.50. The average molecular weight is 201 g/mol. The number of aromatic nitrogens is 3. The molecule has 0 aliphatic carbocycles. The van der Waals surface area contributed by atoms with Gasteiger partial charge in [0.15, 0.2) is 0 Å². The summed E-state index contributed by atoms with van der Waals surface area (Å²) in [5.74, 6) is 0. The number of rotatable bonds is 2. The van der Waals surface area contributed by atoms with Crippen LogP contribution in [0, 0.1) is 20.8 Å². The molecule has 2 aromatic heterocycles. The quantitative estimate of drug-likeness (QED) is 0.746. The van der Waals surface area contributed by atoms with Crippen molar-refractivity contribution in [3.63, 3.8) is 0 Å². The lowest BCUT2D eigenvalue weighted by molar-refractivity contribution is 0.745. The molecular formula is C12H15N3. The molecular weight excluding hydrogens is 186 g/mol. The molecule has 0 spiro atoms. The Balaban J connectivity index is 2.26. The Bertz CT molecular complexity index is 471. The maximum Gasteiger partial charge on any atom is 0.0955 e. The zero-order valence-electron chi connectivity index (χ0n) is 9.36. The van der Waals surface area contributed by atoms with Crippen LogP contribution in [0.1, 0.15) is 22.8 Å². The Hall–Kier alpha value is -1.64. The van der Waals surface area contributed by atoms with Gasteiger partial charge in [-0.1, -0.05) is 6.07 Å². The lowest BCUT2D eigenvalue weighted by Crippen LogP contribution is -2.03. The summed E-state index contributed by atoms with van der Waals surface area (Å²) in [6.45, 7) is 6.91. The second-order valence-electron chi connectivity index (χ2n) is 3.81. The molecule has 0 aliphatic rings. The van der Waals surface area contributed by atoms with Gasteiger partial charge in [-0.2, -0.15) is 0 Å². The molecule has 0 unspecified atom stereocenters. The highest BCUT2D eigenvalue weighted by Crippen LogP contribution is 2.07. The van der Waals surface area contributed by atoms with E-state index in [1.54, 1.807) is 0 Å². The molecule has 3 heteroatoms. The minimum absolute atomic E-state index is 0.800. The van der Waals surface area contributed by atoms with Crippen molar-refractivity contribution in [2.24, 2.45) is 0 Å². The fourth-order valence-electron chi connectivity index (χ4n) is 1.57.